The van der Waals surface area contributed by atoms with E-state index in [-0.39, 0.29) is 5.91 Å². The quantitative estimate of drug-likeness (QED) is 0.792. The van der Waals surface area contributed by atoms with Crippen molar-refractivity contribution in [2.45, 2.75) is 0 Å². The van der Waals surface area contributed by atoms with Crippen LogP contribution in [0.2, 0.25) is 0 Å². The van der Waals surface area contributed by atoms with Gasteiger partial charge in [-0.3, -0.25) is 14.5 Å². The summed E-state index contributed by atoms with van der Waals surface area (Å²) < 4.78 is 1.62. The summed E-state index contributed by atoms with van der Waals surface area (Å²) >= 11 is 0. The van der Waals surface area contributed by atoms with Crippen LogP contribution in [-0.2, 0) is 7.05 Å². The summed E-state index contributed by atoms with van der Waals surface area (Å²) in [4.78, 5) is 15.5. The maximum absolute atomic E-state index is 11.6. The Bertz CT molecular complexity index is 463. The number of rotatable bonds is 2. The number of aryl methyl sites for hydroxylation is 1. The van der Waals surface area contributed by atoms with Gasteiger partial charge in [0.1, 0.15) is 0 Å². The molecule has 5 heteroatoms. The molecule has 1 amide bonds. The number of pyridine rings is 1. The van der Waals surface area contributed by atoms with Gasteiger partial charge in [0, 0.05) is 25.6 Å². The molecule has 0 aromatic carbocycles. The number of amides is 1. The summed E-state index contributed by atoms with van der Waals surface area (Å²) in [5.41, 5.74) is 1.20. The van der Waals surface area contributed by atoms with Crippen LogP contribution in [0.5, 0.6) is 0 Å². The summed E-state index contributed by atoms with van der Waals surface area (Å²) in [7, 11) is 1.79. The fourth-order valence-electron chi connectivity index (χ4n) is 1.19. The van der Waals surface area contributed by atoms with E-state index in [1.54, 1.807) is 42.5 Å². The molecule has 2 heterocycles. The monoisotopic (exact) mass is 202 g/mol. The molecular weight excluding hydrogens is 192 g/mol. The van der Waals surface area contributed by atoms with Crippen LogP contribution in [0.15, 0.2) is 36.9 Å². The molecule has 0 aliphatic carbocycles. The first-order chi connectivity index (χ1) is 7.25. The number of carbonyl (C=O) groups excluding carboxylic acids is 1. The van der Waals surface area contributed by atoms with E-state index in [1.807, 2.05) is 0 Å². The molecule has 76 valence electrons. The summed E-state index contributed by atoms with van der Waals surface area (Å²) in [5, 5.41) is 6.67. The van der Waals surface area contributed by atoms with Crippen LogP contribution >= 0.6 is 0 Å². The third-order valence-corrected chi connectivity index (χ3v) is 1.89. The fourth-order valence-corrected chi connectivity index (χ4v) is 1.19. The van der Waals surface area contributed by atoms with Gasteiger partial charge in [-0.05, 0) is 12.1 Å². The van der Waals surface area contributed by atoms with Crippen molar-refractivity contribution < 1.29 is 4.79 Å². The fraction of sp³-hybridized carbons (Fsp3) is 0.100. The molecule has 15 heavy (non-hydrogen) atoms. The molecule has 2 rings (SSSR count). The first-order valence-electron chi connectivity index (χ1n) is 4.46. The predicted octanol–water partition coefficient (Wildman–Crippen LogP) is 1.07. The van der Waals surface area contributed by atoms with E-state index in [4.69, 9.17) is 0 Å². The van der Waals surface area contributed by atoms with Gasteiger partial charge in [-0.15, -0.1) is 0 Å². The Kier molecular flexibility index (Phi) is 2.45. The minimum atomic E-state index is -0.184. The first kappa shape index (κ1) is 9.39. The molecule has 0 atom stereocenters. The van der Waals surface area contributed by atoms with Gasteiger partial charge in [0.15, 0.2) is 0 Å². The van der Waals surface area contributed by atoms with E-state index < -0.39 is 0 Å². The average Bonchev–Trinajstić information content (AvgIpc) is 2.65. The Balaban J connectivity index is 2.11. The van der Waals surface area contributed by atoms with Crippen LogP contribution in [0.1, 0.15) is 10.4 Å². The zero-order chi connectivity index (χ0) is 10.7. The number of aromatic nitrogens is 3. The normalized spacial score (nSPS) is 9.93. The van der Waals surface area contributed by atoms with E-state index >= 15 is 0 Å². The average molecular weight is 202 g/mol. The van der Waals surface area contributed by atoms with E-state index in [0.29, 0.717) is 11.3 Å². The second-order valence-corrected chi connectivity index (χ2v) is 3.10. The molecule has 0 bridgehead atoms. The molecule has 2 aromatic rings. The molecule has 0 aliphatic rings. The van der Waals surface area contributed by atoms with Crippen molar-refractivity contribution >= 4 is 11.6 Å². The standard InChI is InChI=1S/C10H10N4O/c1-14-7-9(6-12-14)13-10(15)8-3-2-4-11-5-8/h2-7H,1H3,(H,13,15). The van der Waals surface area contributed by atoms with E-state index in [0.717, 1.165) is 0 Å². The molecule has 1 N–H and O–H groups in total. The van der Waals surface area contributed by atoms with E-state index in [9.17, 15) is 4.79 Å². The Hall–Kier alpha value is -2.17. The minimum absolute atomic E-state index is 0.184. The summed E-state index contributed by atoms with van der Waals surface area (Å²) in [5.74, 6) is -0.184. The highest BCUT2D eigenvalue weighted by Gasteiger charge is 2.05. The van der Waals surface area contributed by atoms with Crippen molar-refractivity contribution in [3.8, 4) is 0 Å². The topological polar surface area (TPSA) is 59.8 Å². The molecule has 0 aliphatic heterocycles. The van der Waals surface area contributed by atoms with Crippen molar-refractivity contribution in [2.24, 2.45) is 7.05 Å². The first-order valence-corrected chi connectivity index (χ1v) is 4.46. The van der Waals surface area contributed by atoms with Crippen LogP contribution in [-0.4, -0.2) is 20.7 Å². The highest BCUT2D eigenvalue weighted by Crippen LogP contribution is 2.06. The Morgan fingerprint density at radius 3 is 2.93 bits per heavy atom. The molecule has 0 radical (unpaired) electrons. The van der Waals surface area contributed by atoms with Gasteiger partial charge in [0.25, 0.3) is 5.91 Å². The molecule has 5 nitrogen and oxygen atoms in total. The van der Waals surface area contributed by atoms with E-state index in [2.05, 4.69) is 15.4 Å². The third-order valence-electron chi connectivity index (χ3n) is 1.89. The zero-order valence-corrected chi connectivity index (χ0v) is 8.21. The second-order valence-electron chi connectivity index (χ2n) is 3.10. The summed E-state index contributed by atoms with van der Waals surface area (Å²) in [6, 6.07) is 3.43. The number of carbonyl (C=O) groups is 1. The van der Waals surface area contributed by atoms with Crippen molar-refractivity contribution in [1.82, 2.24) is 14.8 Å². The van der Waals surface area contributed by atoms with E-state index in [1.165, 1.54) is 6.20 Å². The second kappa shape index (κ2) is 3.91. The van der Waals surface area contributed by atoms with Crippen molar-refractivity contribution in [2.75, 3.05) is 5.32 Å². The number of hydrogen-bond acceptors (Lipinski definition) is 3. The SMILES string of the molecule is Cn1cc(NC(=O)c2cccnc2)cn1. The van der Waals surface area contributed by atoms with Gasteiger partial charge >= 0.3 is 0 Å². The Morgan fingerprint density at radius 2 is 2.33 bits per heavy atom. The highest BCUT2D eigenvalue weighted by molar-refractivity contribution is 6.03. The number of nitrogens with zero attached hydrogens (tertiary/aromatic N) is 3. The Morgan fingerprint density at radius 1 is 1.47 bits per heavy atom. The van der Waals surface area contributed by atoms with Crippen LogP contribution in [0.25, 0.3) is 0 Å². The van der Waals surface area contributed by atoms with Crippen LogP contribution < -0.4 is 5.32 Å². The lowest BCUT2D eigenvalue weighted by atomic mass is 10.3. The maximum Gasteiger partial charge on any atom is 0.257 e. The van der Waals surface area contributed by atoms with Gasteiger partial charge in [-0.2, -0.15) is 5.10 Å². The molecule has 2 aromatic heterocycles. The highest BCUT2D eigenvalue weighted by atomic mass is 16.1. The summed E-state index contributed by atoms with van der Waals surface area (Å²) in [6.45, 7) is 0. The summed E-state index contributed by atoms with van der Waals surface area (Å²) in [6.07, 6.45) is 6.47. The lowest BCUT2D eigenvalue weighted by molar-refractivity contribution is 0.102. The number of nitrogens with one attached hydrogen (secondary N) is 1. The van der Waals surface area contributed by atoms with Crippen LogP contribution in [0, 0.1) is 0 Å². The minimum Gasteiger partial charge on any atom is -0.319 e. The molecule has 0 saturated heterocycles. The lowest BCUT2D eigenvalue weighted by Crippen LogP contribution is -2.11. The molecule has 0 unspecified atom stereocenters. The van der Waals surface area contributed by atoms with Gasteiger partial charge in [-0.1, -0.05) is 0 Å². The third kappa shape index (κ3) is 2.19. The predicted molar refractivity (Wildman–Crippen MR) is 55.4 cm³/mol. The zero-order valence-electron chi connectivity index (χ0n) is 8.21. The van der Waals surface area contributed by atoms with Gasteiger partial charge in [0.05, 0.1) is 17.4 Å². The van der Waals surface area contributed by atoms with Crippen molar-refractivity contribution in [3.63, 3.8) is 0 Å². The number of hydrogen-bond donors (Lipinski definition) is 1. The van der Waals surface area contributed by atoms with Crippen molar-refractivity contribution in [1.29, 1.82) is 0 Å². The van der Waals surface area contributed by atoms with Gasteiger partial charge < -0.3 is 5.32 Å². The lowest BCUT2D eigenvalue weighted by Gasteiger charge is -2.00. The Labute approximate surface area is 86.8 Å². The molecule has 0 saturated carbocycles. The van der Waals surface area contributed by atoms with Gasteiger partial charge in [-0.25, -0.2) is 0 Å². The van der Waals surface area contributed by atoms with Gasteiger partial charge in [0.2, 0.25) is 0 Å². The van der Waals surface area contributed by atoms with Crippen LogP contribution in [0.3, 0.4) is 0 Å². The number of anilines is 1. The largest absolute Gasteiger partial charge is 0.319 e. The molecular formula is C10H10N4O. The maximum atomic E-state index is 11.6. The molecule has 0 fully saturated rings. The molecule has 0 spiro atoms. The van der Waals surface area contributed by atoms with Crippen LogP contribution in [0.4, 0.5) is 5.69 Å². The smallest absolute Gasteiger partial charge is 0.257 e. The van der Waals surface area contributed by atoms with Crippen molar-refractivity contribution in [3.05, 3.63) is 42.5 Å².